The molecule has 5 heteroatoms. The lowest BCUT2D eigenvalue weighted by atomic mass is 9.82. The molecule has 1 N–H and O–H groups in total. The molecule has 0 fully saturated rings. The number of esters is 1. The number of hydrogen-bond acceptors (Lipinski definition) is 4. The number of benzene rings is 1. The average molecular weight is 436 g/mol. The Morgan fingerprint density at radius 2 is 1.59 bits per heavy atom. The normalized spacial score (nSPS) is 12.8. The van der Waals surface area contributed by atoms with Crippen LogP contribution in [0.15, 0.2) is 48.7 Å². The number of pyridine rings is 1. The Morgan fingerprint density at radius 3 is 2.19 bits per heavy atom. The number of aromatic nitrogens is 2. The first-order valence-corrected chi connectivity index (χ1v) is 11.3. The Balaban J connectivity index is 1.92. The standard InChI is InChI=1S/C27H37N3O2/c1-25(2,3)17-22(31)32-20-14-12-19(13-15-20)23-24(29-27(7,8)18-26(4,5)6)30-16-10-9-11-21(30)28-23/h9-16,29H,17-18H2,1-8H3. The molecule has 0 aliphatic carbocycles. The summed E-state index contributed by atoms with van der Waals surface area (Å²) in [6.07, 6.45) is 3.41. The Morgan fingerprint density at radius 1 is 0.938 bits per heavy atom. The fraction of sp³-hybridized carbons (Fsp3) is 0.481. The molecule has 2 aromatic heterocycles. The SMILES string of the molecule is CC(C)(C)CC(=O)Oc1ccc(-c2nc3ccccn3c2NC(C)(C)CC(C)(C)C)cc1. The topological polar surface area (TPSA) is 55.6 Å². The van der Waals surface area contributed by atoms with Crippen molar-refractivity contribution < 1.29 is 9.53 Å². The summed E-state index contributed by atoms with van der Waals surface area (Å²) in [5.74, 6) is 1.30. The second-order valence-corrected chi connectivity index (χ2v) is 11.7. The second kappa shape index (κ2) is 8.61. The van der Waals surface area contributed by atoms with Crippen molar-refractivity contribution in [3.8, 4) is 17.0 Å². The highest BCUT2D eigenvalue weighted by molar-refractivity contribution is 5.78. The van der Waals surface area contributed by atoms with Gasteiger partial charge in [0.05, 0.1) is 6.42 Å². The predicted octanol–water partition coefficient (Wildman–Crippen LogP) is 6.97. The van der Waals surface area contributed by atoms with E-state index in [4.69, 9.17) is 9.72 Å². The van der Waals surface area contributed by atoms with Crippen LogP contribution in [0.2, 0.25) is 0 Å². The molecule has 5 nitrogen and oxygen atoms in total. The molecular formula is C27H37N3O2. The second-order valence-electron chi connectivity index (χ2n) is 11.7. The van der Waals surface area contributed by atoms with E-state index in [1.54, 1.807) is 0 Å². The zero-order valence-corrected chi connectivity index (χ0v) is 20.7. The monoisotopic (exact) mass is 435 g/mol. The van der Waals surface area contributed by atoms with Crippen molar-refractivity contribution in [2.24, 2.45) is 10.8 Å². The van der Waals surface area contributed by atoms with E-state index in [2.05, 4.69) is 44.3 Å². The van der Waals surface area contributed by atoms with Gasteiger partial charge in [-0.3, -0.25) is 9.20 Å². The molecule has 3 aromatic rings. The van der Waals surface area contributed by atoms with Crippen LogP contribution < -0.4 is 10.1 Å². The number of imidazole rings is 1. The fourth-order valence-electron chi connectivity index (χ4n) is 4.29. The molecule has 0 aliphatic heterocycles. The summed E-state index contributed by atoms with van der Waals surface area (Å²) in [6, 6.07) is 13.6. The molecule has 0 radical (unpaired) electrons. The van der Waals surface area contributed by atoms with Gasteiger partial charge in [0.2, 0.25) is 0 Å². The van der Waals surface area contributed by atoms with Crippen LogP contribution in [0.25, 0.3) is 16.9 Å². The van der Waals surface area contributed by atoms with Crippen molar-refractivity contribution in [2.45, 2.75) is 73.8 Å². The first kappa shape index (κ1) is 23.8. The van der Waals surface area contributed by atoms with Gasteiger partial charge in [0.15, 0.2) is 0 Å². The third kappa shape index (κ3) is 6.35. The molecule has 1 aromatic carbocycles. The quantitative estimate of drug-likeness (QED) is 0.335. The highest BCUT2D eigenvalue weighted by Crippen LogP contribution is 2.35. The predicted molar refractivity (Wildman–Crippen MR) is 132 cm³/mol. The molecule has 0 amide bonds. The first-order chi connectivity index (χ1) is 14.7. The van der Waals surface area contributed by atoms with Gasteiger partial charge < -0.3 is 10.1 Å². The Kier molecular flexibility index (Phi) is 6.41. The van der Waals surface area contributed by atoms with Crippen LogP contribution in [-0.4, -0.2) is 20.9 Å². The molecule has 172 valence electrons. The van der Waals surface area contributed by atoms with E-state index in [1.807, 2.05) is 69.4 Å². The van der Waals surface area contributed by atoms with Gasteiger partial charge in [0.1, 0.15) is 22.9 Å². The van der Waals surface area contributed by atoms with Crippen molar-refractivity contribution in [1.29, 1.82) is 0 Å². The largest absolute Gasteiger partial charge is 0.427 e. The van der Waals surface area contributed by atoms with Gasteiger partial charge in [-0.1, -0.05) is 47.6 Å². The highest BCUT2D eigenvalue weighted by Gasteiger charge is 2.28. The van der Waals surface area contributed by atoms with Crippen molar-refractivity contribution >= 4 is 17.4 Å². The lowest BCUT2D eigenvalue weighted by Gasteiger charge is -2.34. The van der Waals surface area contributed by atoms with Gasteiger partial charge in [-0.2, -0.15) is 0 Å². The van der Waals surface area contributed by atoms with E-state index in [-0.39, 0.29) is 22.3 Å². The van der Waals surface area contributed by atoms with Crippen molar-refractivity contribution in [2.75, 3.05) is 5.32 Å². The van der Waals surface area contributed by atoms with Crippen LogP contribution in [0.4, 0.5) is 5.82 Å². The van der Waals surface area contributed by atoms with Crippen LogP contribution in [0.5, 0.6) is 5.75 Å². The van der Waals surface area contributed by atoms with Gasteiger partial charge in [0, 0.05) is 17.3 Å². The maximum Gasteiger partial charge on any atom is 0.311 e. The van der Waals surface area contributed by atoms with Gasteiger partial charge >= 0.3 is 5.97 Å². The Labute approximate surface area is 192 Å². The molecule has 0 saturated heterocycles. The molecule has 0 aliphatic rings. The van der Waals surface area contributed by atoms with E-state index < -0.39 is 0 Å². The third-order valence-corrected chi connectivity index (χ3v) is 4.99. The number of rotatable bonds is 6. The first-order valence-electron chi connectivity index (χ1n) is 11.3. The maximum absolute atomic E-state index is 12.2. The number of carbonyl (C=O) groups is 1. The van der Waals surface area contributed by atoms with E-state index in [0.717, 1.165) is 29.1 Å². The summed E-state index contributed by atoms with van der Waals surface area (Å²) >= 11 is 0. The summed E-state index contributed by atoms with van der Waals surface area (Å²) in [7, 11) is 0. The zero-order chi connectivity index (χ0) is 23.7. The maximum atomic E-state index is 12.2. The molecule has 32 heavy (non-hydrogen) atoms. The Hall–Kier alpha value is -2.82. The summed E-state index contributed by atoms with van der Waals surface area (Å²) in [6.45, 7) is 17.3. The van der Waals surface area contributed by atoms with Crippen LogP contribution in [0.3, 0.4) is 0 Å². The van der Waals surface area contributed by atoms with E-state index in [9.17, 15) is 4.79 Å². The number of nitrogens with one attached hydrogen (secondary N) is 1. The van der Waals surface area contributed by atoms with Gasteiger partial charge in [-0.25, -0.2) is 4.98 Å². The summed E-state index contributed by atoms with van der Waals surface area (Å²) in [4.78, 5) is 17.1. The summed E-state index contributed by atoms with van der Waals surface area (Å²) in [5, 5.41) is 3.75. The van der Waals surface area contributed by atoms with Crippen molar-refractivity contribution in [3.05, 3.63) is 48.7 Å². The van der Waals surface area contributed by atoms with Crippen molar-refractivity contribution in [3.63, 3.8) is 0 Å². The number of anilines is 1. The average Bonchev–Trinajstić information content (AvgIpc) is 2.96. The smallest absolute Gasteiger partial charge is 0.311 e. The molecular weight excluding hydrogens is 398 g/mol. The number of carbonyl (C=O) groups excluding carboxylic acids is 1. The minimum atomic E-state index is -0.218. The van der Waals surface area contributed by atoms with Crippen LogP contribution in [0, 0.1) is 10.8 Å². The van der Waals surface area contributed by atoms with E-state index in [1.165, 1.54) is 0 Å². The fourth-order valence-corrected chi connectivity index (χ4v) is 4.29. The van der Waals surface area contributed by atoms with Crippen molar-refractivity contribution in [1.82, 2.24) is 9.38 Å². The minimum Gasteiger partial charge on any atom is -0.427 e. The van der Waals surface area contributed by atoms with Gasteiger partial charge in [0.25, 0.3) is 0 Å². The van der Waals surface area contributed by atoms with E-state index in [0.29, 0.717) is 12.2 Å². The van der Waals surface area contributed by atoms with Crippen LogP contribution >= 0.6 is 0 Å². The lowest BCUT2D eigenvalue weighted by molar-refractivity contribution is -0.136. The number of hydrogen-bond donors (Lipinski definition) is 1. The third-order valence-electron chi connectivity index (χ3n) is 4.99. The molecule has 0 spiro atoms. The molecule has 0 atom stereocenters. The molecule has 2 heterocycles. The van der Waals surface area contributed by atoms with E-state index >= 15 is 0 Å². The van der Waals surface area contributed by atoms with Gasteiger partial charge in [-0.05, 0) is 67.5 Å². The Bertz CT molecular complexity index is 1080. The molecule has 0 saturated carbocycles. The number of nitrogens with zero attached hydrogens (tertiary/aromatic N) is 2. The van der Waals surface area contributed by atoms with Gasteiger partial charge in [-0.15, -0.1) is 0 Å². The lowest BCUT2D eigenvalue weighted by Crippen LogP contribution is -2.36. The highest BCUT2D eigenvalue weighted by atomic mass is 16.5. The minimum absolute atomic E-state index is 0.103. The summed E-state index contributed by atoms with van der Waals surface area (Å²) in [5.41, 5.74) is 2.70. The molecule has 0 unspecified atom stereocenters. The van der Waals surface area contributed by atoms with Crippen LogP contribution in [-0.2, 0) is 4.79 Å². The number of fused-ring (bicyclic) bond motifs is 1. The molecule has 0 bridgehead atoms. The summed E-state index contributed by atoms with van der Waals surface area (Å²) < 4.78 is 7.62. The zero-order valence-electron chi connectivity index (χ0n) is 20.7. The number of ether oxygens (including phenoxy) is 1. The van der Waals surface area contributed by atoms with Crippen LogP contribution in [0.1, 0.15) is 68.2 Å². The molecule has 3 rings (SSSR count).